The smallest absolute Gasteiger partial charge is 0.407 e. The van der Waals surface area contributed by atoms with Gasteiger partial charge >= 0.3 is 6.09 Å². The number of nitrogens with one attached hydrogen (secondary N) is 2. The Balaban J connectivity index is 2.47. The molecule has 1 aliphatic carbocycles. The zero-order valence-electron chi connectivity index (χ0n) is 15.7. The first kappa shape index (κ1) is 20.2. The van der Waals surface area contributed by atoms with Crippen LogP contribution in [0, 0.1) is 0 Å². The van der Waals surface area contributed by atoms with E-state index < -0.39 is 5.60 Å². The molecule has 0 aromatic rings. The Labute approximate surface area is 140 Å². The second kappa shape index (κ2) is 8.31. The molecule has 1 fully saturated rings. The predicted octanol–water partition coefficient (Wildman–Crippen LogP) is 2.46. The number of hydrogen-bond donors (Lipinski definition) is 2. The van der Waals surface area contributed by atoms with Crippen molar-refractivity contribution in [2.75, 3.05) is 20.3 Å². The lowest BCUT2D eigenvalue weighted by molar-refractivity contribution is -0.0463. The molecular formula is C17H34N2O4. The lowest BCUT2D eigenvalue weighted by Crippen LogP contribution is -2.66. The molecule has 1 aliphatic rings. The Morgan fingerprint density at radius 1 is 1.22 bits per heavy atom. The van der Waals surface area contributed by atoms with Crippen molar-refractivity contribution in [3.8, 4) is 0 Å². The third-order valence-corrected chi connectivity index (χ3v) is 4.06. The van der Waals surface area contributed by atoms with E-state index in [9.17, 15) is 4.79 Å². The summed E-state index contributed by atoms with van der Waals surface area (Å²) in [4.78, 5) is 11.9. The van der Waals surface area contributed by atoms with Crippen LogP contribution in [0.2, 0.25) is 0 Å². The van der Waals surface area contributed by atoms with Gasteiger partial charge in [0, 0.05) is 13.7 Å². The molecule has 6 heteroatoms. The van der Waals surface area contributed by atoms with Crippen molar-refractivity contribution in [2.24, 2.45) is 0 Å². The molecule has 3 atom stereocenters. The number of hydrogen-bond acceptors (Lipinski definition) is 5. The Morgan fingerprint density at radius 3 is 2.39 bits per heavy atom. The van der Waals surface area contributed by atoms with Gasteiger partial charge in [0.1, 0.15) is 5.60 Å². The molecule has 0 aromatic carbocycles. The zero-order chi connectivity index (χ0) is 17.7. The van der Waals surface area contributed by atoms with Crippen LogP contribution in [-0.4, -0.2) is 55.7 Å². The van der Waals surface area contributed by atoms with Gasteiger partial charge < -0.3 is 24.8 Å². The number of methoxy groups -OCH3 is 1. The average Bonchev–Trinajstić information content (AvgIpc) is 2.40. The Bertz CT molecular complexity index is 379. The minimum Gasteiger partial charge on any atom is -0.444 e. The first-order valence-electron chi connectivity index (χ1n) is 8.47. The summed E-state index contributed by atoms with van der Waals surface area (Å²) in [6.45, 7) is 13.2. The van der Waals surface area contributed by atoms with E-state index >= 15 is 0 Å². The van der Waals surface area contributed by atoms with Crippen LogP contribution in [0.1, 0.15) is 54.4 Å². The highest BCUT2D eigenvalue weighted by molar-refractivity contribution is 5.68. The van der Waals surface area contributed by atoms with E-state index in [0.29, 0.717) is 6.61 Å². The van der Waals surface area contributed by atoms with Crippen molar-refractivity contribution in [3.05, 3.63) is 0 Å². The highest BCUT2D eigenvalue weighted by atomic mass is 16.6. The molecular weight excluding hydrogens is 296 g/mol. The van der Waals surface area contributed by atoms with Crippen molar-refractivity contribution in [2.45, 2.75) is 83.8 Å². The SMILES string of the molecule is CCOC1CC(NC(=O)OC(C)(C)C)C1NCCC(C)(C)OC. The third kappa shape index (κ3) is 7.06. The number of ether oxygens (including phenoxy) is 3. The molecule has 1 saturated carbocycles. The van der Waals surface area contributed by atoms with Crippen LogP contribution in [0.3, 0.4) is 0 Å². The van der Waals surface area contributed by atoms with Crippen LogP contribution >= 0.6 is 0 Å². The fourth-order valence-corrected chi connectivity index (χ4v) is 2.52. The lowest BCUT2D eigenvalue weighted by atomic mass is 9.82. The average molecular weight is 330 g/mol. The second-order valence-electron chi connectivity index (χ2n) is 7.68. The molecule has 0 saturated heterocycles. The van der Waals surface area contributed by atoms with E-state index in [4.69, 9.17) is 14.2 Å². The molecule has 0 radical (unpaired) electrons. The normalized spacial score (nSPS) is 24.9. The molecule has 6 nitrogen and oxygen atoms in total. The zero-order valence-corrected chi connectivity index (χ0v) is 15.7. The number of carbonyl (C=O) groups is 1. The van der Waals surface area contributed by atoms with Gasteiger partial charge in [0.15, 0.2) is 0 Å². The van der Waals surface area contributed by atoms with E-state index in [1.54, 1.807) is 7.11 Å². The van der Waals surface area contributed by atoms with Crippen LogP contribution < -0.4 is 10.6 Å². The molecule has 0 bridgehead atoms. The first-order valence-corrected chi connectivity index (χ1v) is 8.47. The maximum Gasteiger partial charge on any atom is 0.407 e. The second-order valence-corrected chi connectivity index (χ2v) is 7.68. The fourth-order valence-electron chi connectivity index (χ4n) is 2.52. The molecule has 23 heavy (non-hydrogen) atoms. The van der Waals surface area contributed by atoms with E-state index in [2.05, 4.69) is 24.5 Å². The van der Waals surface area contributed by atoms with Crippen molar-refractivity contribution in [1.82, 2.24) is 10.6 Å². The summed E-state index contributed by atoms with van der Waals surface area (Å²) >= 11 is 0. The Kier molecular flexibility index (Phi) is 7.29. The summed E-state index contributed by atoms with van der Waals surface area (Å²) in [6, 6.07) is 0.141. The van der Waals surface area contributed by atoms with E-state index in [0.717, 1.165) is 19.4 Å². The van der Waals surface area contributed by atoms with Gasteiger partial charge in [-0.2, -0.15) is 0 Å². The van der Waals surface area contributed by atoms with Crippen LogP contribution in [-0.2, 0) is 14.2 Å². The molecule has 3 unspecified atom stereocenters. The van der Waals surface area contributed by atoms with Gasteiger partial charge in [-0.15, -0.1) is 0 Å². The molecule has 0 aliphatic heterocycles. The fraction of sp³-hybridized carbons (Fsp3) is 0.941. The van der Waals surface area contributed by atoms with Crippen LogP contribution in [0.5, 0.6) is 0 Å². The molecule has 1 rings (SSSR count). The minimum absolute atomic E-state index is 0.0343. The van der Waals surface area contributed by atoms with Crippen molar-refractivity contribution in [3.63, 3.8) is 0 Å². The minimum atomic E-state index is -0.488. The molecule has 136 valence electrons. The number of amides is 1. The number of alkyl carbamates (subject to hydrolysis) is 1. The highest BCUT2D eigenvalue weighted by Gasteiger charge is 2.43. The summed E-state index contributed by atoms with van der Waals surface area (Å²) in [7, 11) is 1.72. The number of rotatable bonds is 8. The van der Waals surface area contributed by atoms with Crippen molar-refractivity contribution in [1.29, 1.82) is 0 Å². The van der Waals surface area contributed by atoms with Gasteiger partial charge in [-0.3, -0.25) is 0 Å². The lowest BCUT2D eigenvalue weighted by Gasteiger charge is -2.45. The van der Waals surface area contributed by atoms with Crippen LogP contribution in [0.25, 0.3) is 0 Å². The van der Waals surface area contributed by atoms with Gasteiger partial charge in [-0.1, -0.05) is 0 Å². The Hall–Kier alpha value is -0.850. The van der Waals surface area contributed by atoms with Crippen LogP contribution in [0.15, 0.2) is 0 Å². The van der Waals surface area contributed by atoms with Gasteiger partial charge in [0.05, 0.1) is 23.8 Å². The van der Waals surface area contributed by atoms with E-state index in [1.807, 2.05) is 27.7 Å². The monoisotopic (exact) mass is 330 g/mol. The third-order valence-electron chi connectivity index (χ3n) is 4.06. The summed E-state index contributed by atoms with van der Waals surface area (Å²) in [5.74, 6) is 0. The van der Waals surface area contributed by atoms with E-state index in [1.165, 1.54) is 0 Å². The first-order chi connectivity index (χ1) is 10.6. The summed E-state index contributed by atoms with van der Waals surface area (Å²) < 4.78 is 16.5. The maximum atomic E-state index is 11.9. The number of carbonyl (C=O) groups excluding carboxylic acids is 1. The summed E-state index contributed by atoms with van der Waals surface area (Å²) in [5, 5.41) is 6.43. The quantitative estimate of drug-likeness (QED) is 0.715. The summed E-state index contributed by atoms with van der Waals surface area (Å²) in [6.07, 6.45) is 1.45. The largest absolute Gasteiger partial charge is 0.444 e. The van der Waals surface area contributed by atoms with Gasteiger partial charge in [0.2, 0.25) is 0 Å². The summed E-state index contributed by atoms with van der Waals surface area (Å²) in [5.41, 5.74) is -0.648. The Morgan fingerprint density at radius 2 is 1.87 bits per heavy atom. The molecule has 1 amide bonds. The molecule has 0 aromatic heterocycles. The van der Waals surface area contributed by atoms with Gasteiger partial charge in [-0.25, -0.2) is 4.79 Å². The standard InChI is InChI=1S/C17H34N2O4/c1-8-22-13-11-12(19-15(20)23-16(2,3)4)14(13)18-10-9-17(5,6)21-7/h12-14,18H,8-11H2,1-7H3,(H,19,20). The van der Waals surface area contributed by atoms with Crippen LogP contribution in [0.4, 0.5) is 4.79 Å². The van der Waals surface area contributed by atoms with Crippen molar-refractivity contribution < 1.29 is 19.0 Å². The molecule has 0 heterocycles. The predicted molar refractivity (Wildman–Crippen MR) is 90.7 cm³/mol. The topological polar surface area (TPSA) is 68.8 Å². The maximum absolute atomic E-state index is 11.9. The van der Waals surface area contributed by atoms with Gasteiger partial charge in [0.25, 0.3) is 0 Å². The van der Waals surface area contributed by atoms with Gasteiger partial charge in [-0.05, 0) is 60.9 Å². The highest BCUT2D eigenvalue weighted by Crippen LogP contribution is 2.25. The van der Waals surface area contributed by atoms with E-state index in [-0.39, 0.29) is 29.9 Å². The van der Waals surface area contributed by atoms with Crippen molar-refractivity contribution >= 4 is 6.09 Å². The molecule has 2 N–H and O–H groups in total. The molecule has 0 spiro atoms.